The minimum atomic E-state index is -1.07. The molecule has 3 aromatic rings. The summed E-state index contributed by atoms with van der Waals surface area (Å²) in [6.07, 6.45) is 3.94. The van der Waals surface area contributed by atoms with Gasteiger partial charge in [-0.15, -0.1) is 0 Å². The fourth-order valence-corrected chi connectivity index (χ4v) is 6.77. The molecule has 41 heavy (non-hydrogen) atoms. The molecule has 3 atom stereocenters. The molecule has 0 saturated carbocycles. The van der Waals surface area contributed by atoms with Crippen molar-refractivity contribution >= 4 is 57.2 Å². The van der Waals surface area contributed by atoms with Crippen molar-refractivity contribution in [2.75, 3.05) is 49.1 Å². The molecule has 0 radical (unpaired) electrons. The minimum absolute atomic E-state index is 0.0401. The lowest BCUT2D eigenvalue weighted by Gasteiger charge is -2.38. The zero-order chi connectivity index (χ0) is 29.3. The number of halogens is 2. The van der Waals surface area contributed by atoms with E-state index >= 15 is 0 Å². The molecule has 2 fully saturated rings. The second kappa shape index (κ2) is 12.6. The lowest BCUT2D eigenvalue weighted by atomic mass is 9.88. The number of carbonyl (C=O) groups is 2. The van der Waals surface area contributed by atoms with Crippen molar-refractivity contribution in [2.24, 2.45) is 5.92 Å². The number of anilines is 2. The third-order valence-electron chi connectivity index (χ3n) is 7.51. The number of rotatable bonds is 9. The molecule has 3 aromatic heterocycles. The number of piperidine rings is 1. The van der Waals surface area contributed by atoms with Crippen LogP contribution in [0.5, 0.6) is 0 Å². The van der Waals surface area contributed by atoms with Gasteiger partial charge >= 0.3 is 5.97 Å². The zero-order valence-corrected chi connectivity index (χ0v) is 25.4. The van der Waals surface area contributed by atoms with Crippen LogP contribution in [0.4, 0.5) is 10.9 Å². The SMILES string of the molecule is CCO[C@H]1CN(c2nc(-c3cnc(N4CCN[C@H](C)C4)cn3)c(C(=O)O)s2)CC[C@H]1CC(=O)c1[nH]c(C)c(Cl)c1Cl. The Morgan fingerprint density at radius 3 is 2.61 bits per heavy atom. The van der Waals surface area contributed by atoms with Gasteiger partial charge in [0.15, 0.2) is 10.9 Å². The van der Waals surface area contributed by atoms with Gasteiger partial charge in [0.2, 0.25) is 0 Å². The summed E-state index contributed by atoms with van der Waals surface area (Å²) in [5.41, 5.74) is 1.68. The fraction of sp³-hybridized carbons (Fsp3) is 0.519. The molecule has 0 unspecified atom stereocenters. The molecule has 0 aliphatic carbocycles. The second-order valence-electron chi connectivity index (χ2n) is 10.4. The maximum Gasteiger partial charge on any atom is 0.348 e. The normalized spacial score (nSPS) is 21.3. The predicted octanol–water partition coefficient (Wildman–Crippen LogP) is 4.54. The average molecular weight is 623 g/mol. The van der Waals surface area contributed by atoms with Gasteiger partial charge in [-0.05, 0) is 33.1 Å². The Balaban J connectivity index is 1.32. The van der Waals surface area contributed by atoms with Gasteiger partial charge in [-0.1, -0.05) is 34.5 Å². The third kappa shape index (κ3) is 6.36. The fourth-order valence-electron chi connectivity index (χ4n) is 5.39. The summed E-state index contributed by atoms with van der Waals surface area (Å²) in [6, 6.07) is 0.349. The third-order valence-corrected chi connectivity index (χ3v) is 9.56. The van der Waals surface area contributed by atoms with E-state index in [-0.39, 0.29) is 34.1 Å². The Labute approximate surface area is 252 Å². The number of carbonyl (C=O) groups excluding carboxylic acids is 1. The summed E-state index contributed by atoms with van der Waals surface area (Å²) >= 11 is 13.6. The van der Waals surface area contributed by atoms with Crippen LogP contribution < -0.4 is 15.1 Å². The van der Waals surface area contributed by atoms with E-state index in [2.05, 4.69) is 32.1 Å². The first-order chi connectivity index (χ1) is 19.7. The molecule has 14 heteroatoms. The number of aromatic nitrogens is 4. The Hall–Kier alpha value is -2.77. The summed E-state index contributed by atoms with van der Waals surface area (Å²) in [6.45, 7) is 9.87. The highest BCUT2D eigenvalue weighted by atomic mass is 35.5. The van der Waals surface area contributed by atoms with E-state index in [0.29, 0.717) is 65.1 Å². The summed E-state index contributed by atoms with van der Waals surface area (Å²) < 4.78 is 6.06. The van der Waals surface area contributed by atoms with Gasteiger partial charge in [0.1, 0.15) is 27.8 Å². The van der Waals surface area contributed by atoms with Crippen molar-refractivity contribution in [2.45, 2.75) is 45.8 Å². The lowest BCUT2D eigenvalue weighted by Crippen LogP contribution is -2.49. The van der Waals surface area contributed by atoms with E-state index in [1.54, 1.807) is 19.3 Å². The van der Waals surface area contributed by atoms with Gasteiger partial charge in [0.05, 0.1) is 28.5 Å². The van der Waals surface area contributed by atoms with Crippen LogP contribution in [0.3, 0.4) is 0 Å². The predicted molar refractivity (Wildman–Crippen MR) is 160 cm³/mol. The average Bonchev–Trinajstić information content (AvgIpc) is 3.52. The number of thiazole rings is 1. The van der Waals surface area contributed by atoms with Gasteiger partial charge < -0.3 is 29.9 Å². The van der Waals surface area contributed by atoms with Crippen molar-refractivity contribution in [1.82, 2.24) is 25.3 Å². The molecule has 2 aliphatic heterocycles. The summed E-state index contributed by atoms with van der Waals surface area (Å²) in [5, 5.41) is 14.5. The molecule has 0 amide bonds. The van der Waals surface area contributed by atoms with Crippen molar-refractivity contribution in [3.63, 3.8) is 0 Å². The molecule has 3 N–H and O–H groups in total. The van der Waals surface area contributed by atoms with Crippen molar-refractivity contribution < 1.29 is 19.4 Å². The summed E-state index contributed by atoms with van der Waals surface area (Å²) in [5.74, 6) is -0.468. The van der Waals surface area contributed by atoms with E-state index in [4.69, 9.17) is 32.9 Å². The maximum atomic E-state index is 13.1. The number of aromatic carboxylic acids is 1. The largest absolute Gasteiger partial charge is 0.477 e. The van der Waals surface area contributed by atoms with Gasteiger partial charge in [-0.25, -0.2) is 19.7 Å². The van der Waals surface area contributed by atoms with Gasteiger partial charge in [-0.3, -0.25) is 4.79 Å². The highest BCUT2D eigenvalue weighted by molar-refractivity contribution is 7.17. The van der Waals surface area contributed by atoms with Crippen LogP contribution >= 0.6 is 34.5 Å². The molecule has 5 rings (SSSR count). The van der Waals surface area contributed by atoms with E-state index in [1.807, 2.05) is 11.8 Å². The molecular weight excluding hydrogens is 589 g/mol. The summed E-state index contributed by atoms with van der Waals surface area (Å²) in [7, 11) is 0. The van der Waals surface area contributed by atoms with Crippen LogP contribution in [-0.4, -0.2) is 88.3 Å². The molecule has 220 valence electrons. The van der Waals surface area contributed by atoms with E-state index in [1.165, 1.54) is 0 Å². The lowest BCUT2D eigenvalue weighted by molar-refractivity contribution is 0.0103. The van der Waals surface area contributed by atoms with Crippen molar-refractivity contribution in [3.8, 4) is 11.4 Å². The first-order valence-corrected chi connectivity index (χ1v) is 15.2. The standard InChI is InChI=1S/C27H33Cl2N7O4S/c1-4-40-19-13-36(7-5-16(19)9-18(37)24-22(29)21(28)15(3)33-24)27-34-23(25(41-27)26(38)39)17-10-32-20(11-31-17)35-8-6-30-14(2)12-35/h10-11,14,16,19,30,33H,4-9,12-13H2,1-3H3,(H,38,39)/t14-,16+,19+/m1/s1. The molecule has 0 aromatic carbocycles. The number of aromatic amines is 1. The minimum Gasteiger partial charge on any atom is -0.477 e. The molecule has 2 saturated heterocycles. The van der Waals surface area contributed by atoms with E-state index in [0.717, 1.165) is 36.8 Å². The van der Waals surface area contributed by atoms with Gasteiger partial charge in [0, 0.05) is 57.5 Å². The molecule has 5 heterocycles. The van der Waals surface area contributed by atoms with E-state index in [9.17, 15) is 14.7 Å². The molecule has 0 spiro atoms. The Morgan fingerprint density at radius 1 is 1.17 bits per heavy atom. The number of aryl methyl sites for hydroxylation is 1. The number of hydrogen-bond acceptors (Lipinski definition) is 10. The monoisotopic (exact) mass is 621 g/mol. The Morgan fingerprint density at radius 2 is 1.98 bits per heavy atom. The first kappa shape index (κ1) is 29.7. The van der Waals surface area contributed by atoms with Gasteiger partial charge in [0.25, 0.3) is 0 Å². The van der Waals surface area contributed by atoms with Crippen molar-refractivity contribution in [3.05, 3.63) is 38.7 Å². The summed E-state index contributed by atoms with van der Waals surface area (Å²) in [4.78, 5) is 46.4. The number of nitrogens with one attached hydrogen (secondary N) is 2. The number of ether oxygens (including phenoxy) is 1. The van der Waals surface area contributed by atoms with Crippen LogP contribution in [0, 0.1) is 12.8 Å². The van der Waals surface area contributed by atoms with Crippen LogP contribution in [0.2, 0.25) is 10.0 Å². The van der Waals surface area contributed by atoms with Crippen LogP contribution in [0.25, 0.3) is 11.4 Å². The number of Topliss-reactive ketones (excluding diaryl/α,β-unsaturated/α-hetero) is 1. The van der Waals surface area contributed by atoms with Crippen LogP contribution in [0.1, 0.15) is 52.5 Å². The topological polar surface area (TPSA) is 137 Å². The maximum absolute atomic E-state index is 13.1. The molecule has 11 nitrogen and oxygen atoms in total. The number of piperazine rings is 1. The molecule has 0 bridgehead atoms. The quantitative estimate of drug-likeness (QED) is 0.292. The zero-order valence-electron chi connectivity index (χ0n) is 23.1. The molecular formula is C27H33Cl2N7O4S. The van der Waals surface area contributed by atoms with Crippen molar-refractivity contribution in [1.29, 1.82) is 0 Å². The molecule has 2 aliphatic rings. The smallest absolute Gasteiger partial charge is 0.348 e. The van der Waals surface area contributed by atoms with E-state index < -0.39 is 5.97 Å². The van der Waals surface area contributed by atoms with Crippen LogP contribution in [-0.2, 0) is 4.74 Å². The first-order valence-electron chi connectivity index (χ1n) is 13.6. The number of carboxylic acids is 1. The van der Waals surface area contributed by atoms with Crippen LogP contribution in [0.15, 0.2) is 12.4 Å². The highest BCUT2D eigenvalue weighted by Crippen LogP contribution is 2.37. The number of H-pyrrole nitrogens is 1. The Kier molecular flexibility index (Phi) is 9.15. The number of nitrogens with zero attached hydrogens (tertiary/aromatic N) is 5. The Bertz CT molecular complexity index is 1410. The second-order valence-corrected chi connectivity index (χ2v) is 12.1. The number of hydrogen-bond donors (Lipinski definition) is 3. The number of ketones is 1. The number of carboxylic acid groups (broad SMARTS) is 1. The van der Waals surface area contributed by atoms with Gasteiger partial charge in [-0.2, -0.15) is 0 Å². The highest BCUT2D eigenvalue weighted by Gasteiger charge is 2.35.